The fourth-order valence-electron chi connectivity index (χ4n) is 1.43. The van der Waals surface area contributed by atoms with Gasteiger partial charge in [-0.25, -0.2) is 9.18 Å². The van der Waals surface area contributed by atoms with Crippen LogP contribution in [0.5, 0.6) is 0 Å². The van der Waals surface area contributed by atoms with E-state index in [0.717, 1.165) is 6.07 Å². The maximum Gasteiger partial charge on any atom is 0.337 e. The number of methoxy groups -OCH3 is 1. The van der Waals surface area contributed by atoms with Crippen molar-refractivity contribution in [1.82, 2.24) is 0 Å². The first-order chi connectivity index (χ1) is 8.45. The first-order valence-corrected chi connectivity index (χ1v) is 5.21. The van der Waals surface area contributed by atoms with Crippen LogP contribution in [0.2, 0.25) is 0 Å². The van der Waals surface area contributed by atoms with Gasteiger partial charge in [-0.05, 0) is 18.1 Å². The van der Waals surface area contributed by atoms with Crippen molar-refractivity contribution in [3.05, 3.63) is 35.1 Å². The molecule has 1 aromatic rings. The number of aliphatic hydroxyl groups excluding tert-OH is 1. The van der Waals surface area contributed by atoms with Gasteiger partial charge in [0.1, 0.15) is 5.82 Å². The van der Waals surface area contributed by atoms with Gasteiger partial charge in [0.15, 0.2) is 6.10 Å². The van der Waals surface area contributed by atoms with Gasteiger partial charge in [0.05, 0.1) is 7.11 Å². The normalized spacial score (nSPS) is 11.9. The summed E-state index contributed by atoms with van der Waals surface area (Å²) < 4.78 is 18.0. The fraction of sp³-hybridized carbons (Fsp3) is 0.333. The van der Waals surface area contributed by atoms with E-state index in [2.05, 4.69) is 4.74 Å². The highest BCUT2D eigenvalue weighted by molar-refractivity contribution is 5.74. The number of carbonyl (C=O) groups is 2. The third kappa shape index (κ3) is 3.53. The van der Waals surface area contributed by atoms with Crippen molar-refractivity contribution in [2.75, 3.05) is 7.11 Å². The molecule has 1 unspecified atom stereocenters. The highest BCUT2D eigenvalue weighted by Gasteiger charge is 2.20. The van der Waals surface area contributed by atoms with Crippen molar-refractivity contribution in [1.29, 1.82) is 0 Å². The van der Waals surface area contributed by atoms with Crippen LogP contribution in [0.1, 0.15) is 23.7 Å². The molecule has 0 aliphatic carbocycles. The number of aliphatic carboxylic acids is 1. The molecule has 1 atom stereocenters. The summed E-state index contributed by atoms with van der Waals surface area (Å²) in [5.74, 6) is -2.74. The molecule has 0 spiro atoms. The van der Waals surface area contributed by atoms with E-state index in [1.165, 1.54) is 19.2 Å². The zero-order valence-corrected chi connectivity index (χ0v) is 9.72. The van der Waals surface area contributed by atoms with Crippen LogP contribution >= 0.6 is 0 Å². The number of rotatable bonds is 5. The minimum Gasteiger partial charge on any atom is -0.479 e. The Morgan fingerprint density at radius 1 is 1.44 bits per heavy atom. The summed E-state index contributed by atoms with van der Waals surface area (Å²) in [6.07, 6.45) is -1.50. The summed E-state index contributed by atoms with van der Waals surface area (Å²) in [6, 6.07) is 3.76. The molecule has 0 fully saturated rings. The van der Waals surface area contributed by atoms with Crippen molar-refractivity contribution < 1.29 is 28.9 Å². The molecule has 98 valence electrons. The van der Waals surface area contributed by atoms with Gasteiger partial charge >= 0.3 is 11.9 Å². The Kier molecular flexibility index (Phi) is 4.79. The molecule has 1 rings (SSSR count). The van der Waals surface area contributed by atoms with Crippen LogP contribution in [-0.4, -0.2) is 29.3 Å². The van der Waals surface area contributed by atoms with E-state index in [1.807, 2.05) is 0 Å². The lowest BCUT2D eigenvalue weighted by atomic mass is 10.0. The molecule has 0 bridgehead atoms. The number of ether oxygens (including phenoxy) is 1. The molecule has 0 saturated heterocycles. The predicted molar refractivity (Wildman–Crippen MR) is 59.3 cm³/mol. The smallest absolute Gasteiger partial charge is 0.337 e. The van der Waals surface area contributed by atoms with Crippen molar-refractivity contribution in [2.24, 2.45) is 0 Å². The lowest BCUT2D eigenvalue weighted by Gasteiger charge is -2.08. The summed E-state index contributed by atoms with van der Waals surface area (Å²) >= 11 is 0. The Morgan fingerprint density at radius 3 is 2.61 bits per heavy atom. The second-order valence-corrected chi connectivity index (χ2v) is 3.67. The van der Waals surface area contributed by atoms with E-state index in [9.17, 15) is 19.1 Å². The fourth-order valence-corrected chi connectivity index (χ4v) is 1.43. The number of carboxylic acids is 1. The van der Waals surface area contributed by atoms with E-state index in [1.54, 1.807) is 0 Å². The minimum absolute atomic E-state index is 0.108. The monoisotopic (exact) mass is 256 g/mol. The Labute approximate surface area is 103 Å². The molecule has 0 heterocycles. The standard InChI is InChI=1S/C12H13FO5/c1-18-10(14)5-3-7-2-4-8(9(13)6-7)11(15)12(16)17/h2,4,6,11,15H,3,5H2,1H3,(H,16,17). The molecule has 0 saturated carbocycles. The number of carboxylic acid groups (broad SMARTS) is 1. The molecular weight excluding hydrogens is 243 g/mol. The van der Waals surface area contributed by atoms with Crippen molar-refractivity contribution in [2.45, 2.75) is 18.9 Å². The molecule has 2 N–H and O–H groups in total. The van der Waals surface area contributed by atoms with Crippen LogP contribution in [-0.2, 0) is 20.7 Å². The summed E-state index contributed by atoms with van der Waals surface area (Å²) in [6.45, 7) is 0. The lowest BCUT2D eigenvalue weighted by Crippen LogP contribution is -2.12. The maximum absolute atomic E-state index is 13.5. The topological polar surface area (TPSA) is 83.8 Å². The Morgan fingerprint density at radius 2 is 2.11 bits per heavy atom. The largest absolute Gasteiger partial charge is 0.479 e. The van der Waals surface area contributed by atoms with Gasteiger partial charge in [-0.2, -0.15) is 0 Å². The Balaban J connectivity index is 2.79. The van der Waals surface area contributed by atoms with Crippen LogP contribution < -0.4 is 0 Å². The average Bonchev–Trinajstić information content (AvgIpc) is 2.35. The predicted octanol–water partition coefficient (Wildman–Crippen LogP) is 1.05. The van der Waals surface area contributed by atoms with Crippen molar-refractivity contribution in [3.8, 4) is 0 Å². The summed E-state index contributed by atoms with van der Waals surface area (Å²) in [5.41, 5.74) is 0.226. The third-order valence-electron chi connectivity index (χ3n) is 2.44. The summed E-state index contributed by atoms with van der Waals surface area (Å²) in [5, 5.41) is 17.8. The molecule has 0 amide bonds. The van der Waals surface area contributed by atoms with Gasteiger partial charge in [0.2, 0.25) is 0 Å². The van der Waals surface area contributed by atoms with Crippen LogP contribution in [0.3, 0.4) is 0 Å². The average molecular weight is 256 g/mol. The minimum atomic E-state index is -1.89. The molecular formula is C12H13FO5. The van der Waals surface area contributed by atoms with Gasteiger partial charge in [0.25, 0.3) is 0 Å². The number of aliphatic hydroxyl groups is 1. The number of esters is 1. The number of hydrogen-bond acceptors (Lipinski definition) is 4. The molecule has 0 radical (unpaired) electrons. The molecule has 6 heteroatoms. The molecule has 18 heavy (non-hydrogen) atoms. The van der Waals surface area contributed by atoms with E-state index in [0.29, 0.717) is 5.56 Å². The van der Waals surface area contributed by atoms with E-state index in [4.69, 9.17) is 5.11 Å². The van der Waals surface area contributed by atoms with Gasteiger partial charge in [-0.15, -0.1) is 0 Å². The number of aryl methyl sites for hydroxylation is 1. The second-order valence-electron chi connectivity index (χ2n) is 3.67. The van der Waals surface area contributed by atoms with E-state index >= 15 is 0 Å². The third-order valence-corrected chi connectivity index (χ3v) is 2.44. The number of carbonyl (C=O) groups excluding carboxylic acids is 1. The van der Waals surface area contributed by atoms with Gasteiger partial charge in [0, 0.05) is 12.0 Å². The number of halogens is 1. The van der Waals surface area contributed by atoms with Crippen LogP contribution in [0.25, 0.3) is 0 Å². The van der Waals surface area contributed by atoms with E-state index < -0.39 is 23.9 Å². The zero-order chi connectivity index (χ0) is 13.7. The molecule has 1 aromatic carbocycles. The van der Waals surface area contributed by atoms with Gasteiger partial charge in [-0.3, -0.25) is 4.79 Å². The Bertz CT molecular complexity index is 458. The maximum atomic E-state index is 13.5. The lowest BCUT2D eigenvalue weighted by molar-refractivity contribution is -0.147. The Hall–Kier alpha value is -1.95. The molecule has 0 aromatic heterocycles. The van der Waals surface area contributed by atoms with Gasteiger partial charge < -0.3 is 14.9 Å². The molecule has 0 aliphatic heterocycles. The van der Waals surface area contributed by atoms with Crippen molar-refractivity contribution >= 4 is 11.9 Å². The summed E-state index contributed by atoms with van der Waals surface area (Å²) in [7, 11) is 1.26. The zero-order valence-electron chi connectivity index (χ0n) is 9.72. The number of hydrogen-bond donors (Lipinski definition) is 2. The van der Waals surface area contributed by atoms with Crippen LogP contribution in [0, 0.1) is 5.82 Å². The highest BCUT2D eigenvalue weighted by Crippen LogP contribution is 2.19. The van der Waals surface area contributed by atoms with Crippen LogP contribution in [0.15, 0.2) is 18.2 Å². The van der Waals surface area contributed by atoms with Gasteiger partial charge in [-0.1, -0.05) is 12.1 Å². The number of benzene rings is 1. The van der Waals surface area contributed by atoms with E-state index in [-0.39, 0.29) is 18.4 Å². The van der Waals surface area contributed by atoms with Crippen LogP contribution in [0.4, 0.5) is 4.39 Å². The first kappa shape index (κ1) is 14.1. The quantitative estimate of drug-likeness (QED) is 0.769. The summed E-state index contributed by atoms with van der Waals surface area (Å²) in [4.78, 5) is 21.4. The first-order valence-electron chi connectivity index (χ1n) is 5.21. The highest BCUT2D eigenvalue weighted by atomic mass is 19.1. The molecule has 0 aliphatic rings. The SMILES string of the molecule is COC(=O)CCc1ccc(C(O)C(=O)O)c(F)c1. The molecule has 5 nitrogen and oxygen atoms in total. The van der Waals surface area contributed by atoms with Crippen molar-refractivity contribution in [3.63, 3.8) is 0 Å². The second kappa shape index (κ2) is 6.11.